The second kappa shape index (κ2) is 7.98. The average Bonchev–Trinajstić information content (AvgIpc) is 3.04. The van der Waals surface area contributed by atoms with E-state index in [1.54, 1.807) is 18.2 Å². The van der Waals surface area contributed by atoms with Crippen LogP contribution in [0.25, 0.3) is 0 Å². The topological polar surface area (TPSA) is 95.1 Å². The lowest BCUT2D eigenvalue weighted by atomic mass is 10.0. The summed E-state index contributed by atoms with van der Waals surface area (Å²) in [5.74, 6) is 0.184. The molecule has 7 nitrogen and oxygen atoms in total. The van der Waals surface area contributed by atoms with Crippen molar-refractivity contribution in [3.8, 4) is 11.5 Å². The zero-order chi connectivity index (χ0) is 19.6. The van der Waals surface area contributed by atoms with Crippen LogP contribution in [0.3, 0.4) is 0 Å². The summed E-state index contributed by atoms with van der Waals surface area (Å²) in [6, 6.07) is 4.94. The Bertz CT molecular complexity index is 856. The van der Waals surface area contributed by atoms with Crippen LogP contribution in [0.15, 0.2) is 18.2 Å². The summed E-state index contributed by atoms with van der Waals surface area (Å²) in [4.78, 5) is 27.4. The number of methoxy groups -OCH3 is 2. The molecule has 1 aromatic heterocycles. The van der Waals surface area contributed by atoms with Gasteiger partial charge in [-0.2, -0.15) is 0 Å². The first-order valence-electron chi connectivity index (χ1n) is 8.79. The van der Waals surface area contributed by atoms with E-state index in [0.29, 0.717) is 27.6 Å². The summed E-state index contributed by atoms with van der Waals surface area (Å²) >= 11 is 1.44. The molecule has 1 aromatic carbocycles. The minimum absolute atomic E-state index is 0.340. The van der Waals surface area contributed by atoms with E-state index in [2.05, 4.69) is 12.2 Å². The maximum atomic E-state index is 12.8. The number of nitrogens with one attached hydrogen (secondary N) is 2. The van der Waals surface area contributed by atoms with E-state index in [-0.39, 0.29) is 5.91 Å². The van der Waals surface area contributed by atoms with Gasteiger partial charge in [0.05, 0.1) is 37.7 Å². The van der Waals surface area contributed by atoms with Gasteiger partial charge in [0.1, 0.15) is 23.0 Å². The quantitative estimate of drug-likeness (QED) is 0.688. The highest BCUT2D eigenvalue weighted by Gasteiger charge is 2.29. The van der Waals surface area contributed by atoms with Crippen LogP contribution in [-0.2, 0) is 13.0 Å². The predicted octanol–water partition coefficient (Wildman–Crippen LogP) is 1.08. The van der Waals surface area contributed by atoms with Crippen molar-refractivity contribution in [3.63, 3.8) is 0 Å². The summed E-state index contributed by atoms with van der Waals surface area (Å²) in [6.45, 7) is 4.97. The number of fused-ring (bicyclic) bond motifs is 1. The molecule has 0 spiro atoms. The third-order valence-corrected chi connectivity index (χ3v) is 5.96. The van der Waals surface area contributed by atoms with E-state index in [1.165, 1.54) is 30.5 Å². The van der Waals surface area contributed by atoms with Gasteiger partial charge in [-0.3, -0.25) is 9.59 Å². The first-order valence-corrected chi connectivity index (χ1v) is 9.60. The fourth-order valence-electron chi connectivity index (χ4n) is 3.30. The largest absolute Gasteiger partial charge is 0.497 e. The van der Waals surface area contributed by atoms with Crippen molar-refractivity contribution in [1.82, 2.24) is 0 Å². The Morgan fingerprint density at radius 1 is 1.22 bits per heavy atom. The Hall–Kier alpha value is -2.58. The molecular weight excluding hydrogens is 366 g/mol. The van der Waals surface area contributed by atoms with Crippen LogP contribution in [-0.4, -0.2) is 39.1 Å². The van der Waals surface area contributed by atoms with Crippen LogP contribution in [0, 0.1) is 0 Å². The molecule has 27 heavy (non-hydrogen) atoms. The number of quaternary nitrogens is 1. The van der Waals surface area contributed by atoms with Gasteiger partial charge in [-0.15, -0.1) is 11.3 Å². The number of benzene rings is 1. The van der Waals surface area contributed by atoms with Gasteiger partial charge in [0, 0.05) is 18.1 Å². The van der Waals surface area contributed by atoms with Crippen LogP contribution in [0.1, 0.15) is 38.1 Å². The van der Waals surface area contributed by atoms with Gasteiger partial charge in [0.25, 0.3) is 11.8 Å². The lowest BCUT2D eigenvalue weighted by Gasteiger charge is -2.22. The fraction of sp³-hybridized carbons (Fsp3) is 0.368. The van der Waals surface area contributed by atoms with Crippen molar-refractivity contribution >= 4 is 28.2 Å². The van der Waals surface area contributed by atoms with Gasteiger partial charge in [0.2, 0.25) is 0 Å². The number of ether oxygens (including phenoxy) is 2. The van der Waals surface area contributed by atoms with E-state index in [4.69, 9.17) is 15.2 Å². The Balaban J connectivity index is 1.93. The highest BCUT2D eigenvalue weighted by molar-refractivity contribution is 7.17. The summed E-state index contributed by atoms with van der Waals surface area (Å²) in [5, 5.41) is 3.37. The number of anilines is 1. The van der Waals surface area contributed by atoms with E-state index in [1.807, 2.05) is 0 Å². The van der Waals surface area contributed by atoms with Crippen LogP contribution >= 0.6 is 11.3 Å². The molecule has 0 saturated heterocycles. The van der Waals surface area contributed by atoms with Gasteiger partial charge in [-0.25, -0.2) is 0 Å². The van der Waals surface area contributed by atoms with Gasteiger partial charge in [-0.1, -0.05) is 0 Å². The third kappa shape index (κ3) is 3.91. The molecule has 2 amide bonds. The van der Waals surface area contributed by atoms with Gasteiger partial charge in [-0.05, 0) is 24.6 Å². The Morgan fingerprint density at radius 3 is 2.44 bits per heavy atom. The summed E-state index contributed by atoms with van der Waals surface area (Å²) < 4.78 is 10.4. The number of hydrogen-bond donors (Lipinski definition) is 3. The van der Waals surface area contributed by atoms with E-state index < -0.39 is 5.91 Å². The predicted molar refractivity (Wildman–Crippen MR) is 104 cm³/mol. The number of amides is 2. The lowest BCUT2D eigenvalue weighted by Crippen LogP contribution is -3.11. The molecule has 2 aromatic rings. The number of hydrogen-bond acceptors (Lipinski definition) is 5. The molecule has 1 unspecified atom stereocenters. The van der Waals surface area contributed by atoms with E-state index in [9.17, 15) is 9.59 Å². The molecule has 0 radical (unpaired) electrons. The Kier molecular flexibility index (Phi) is 5.67. The number of rotatable bonds is 6. The van der Waals surface area contributed by atoms with Gasteiger partial charge in [0.15, 0.2) is 0 Å². The smallest absolute Gasteiger partial charge is 0.256 e. The van der Waals surface area contributed by atoms with Crippen LogP contribution in [0.5, 0.6) is 11.5 Å². The SMILES string of the molecule is CC[NH+]1CCc2c(sc(NC(=O)c3cc(OC)cc(OC)c3)c2C(N)=O)C1. The molecule has 144 valence electrons. The second-order valence-corrected chi connectivity index (χ2v) is 7.51. The molecular formula is C19H24N3O4S+. The van der Waals surface area contributed by atoms with Crippen molar-refractivity contribution in [3.05, 3.63) is 39.8 Å². The monoisotopic (exact) mass is 390 g/mol. The lowest BCUT2D eigenvalue weighted by molar-refractivity contribution is -0.913. The van der Waals surface area contributed by atoms with E-state index >= 15 is 0 Å². The number of likely N-dealkylation sites (N-methyl/N-ethyl adjacent to an activating group) is 1. The Labute approximate surface area is 162 Å². The minimum atomic E-state index is -0.508. The third-order valence-electron chi connectivity index (χ3n) is 4.82. The zero-order valence-electron chi connectivity index (χ0n) is 15.7. The van der Waals surface area contributed by atoms with Crippen LogP contribution in [0.2, 0.25) is 0 Å². The molecule has 2 heterocycles. The molecule has 1 atom stereocenters. The summed E-state index contributed by atoms with van der Waals surface area (Å²) in [7, 11) is 3.05. The number of nitrogens with two attached hydrogens (primary N) is 1. The first-order chi connectivity index (χ1) is 13.0. The maximum absolute atomic E-state index is 12.8. The van der Waals surface area contributed by atoms with Crippen LogP contribution in [0.4, 0.5) is 5.00 Å². The molecule has 0 aliphatic carbocycles. The molecule has 3 rings (SSSR count). The highest BCUT2D eigenvalue weighted by atomic mass is 32.1. The molecule has 4 N–H and O–H groups in total. The van der Waals surface area contributed by atoms with E-state index in [0.717, 1.165) is 36.5 Å². The van der Waals surface area contributed by atoms with Crippen molar-refractivity contribution in [2.24, 2.45) is 5.73 Å². The van der Waals surface area contributed by atoms with Gasteiger partial charge >= 0.3 is 0 Å². The molecule has 0 fully saturated rings. The van der Waals surface area contributed by atoms with Crippen LogP contribution < -0.4 is 25.4 Å². The number of primary amides is 1. The second-order valence-electron chi connectivity index (χ2n) is 6.41. The number of carbonyl (C=O) groups excluding carboxylic acids is 2. The number of thiophene rings is 1. The molecule has 8 heteroatoms. The molecule has 1 aliphatic heterocycles. The Morgan fingerprint density at radius 2 is 1.89 bits per heavy atom. The first kappa shape index (κ1) is 19.2. The van der Waals surface area contributed by atoms with Crippen molar-refractivity contribution < 1.29 is 24.0 Å². The highest BCUT2D eigenvalue weighted by Crippen LogP contribution is 2.35. The van der Waals surface area contributed by atoms with Crippen molar-refractivity contribution in [1.29, 1.82) is 0 Å². The maximum Gasteiger partial charge on any atom is 0.256 e. The molecule has 1 aliphatic rings. The average molecular weight is 390 g/mol. The minimum Gasteiger partial charge on any atom is -0.497 e. The van der Waals surface area contributed by atoms with Crippen molar-refractivity contribution in [2.75, 3.05) is 32.6 Å². The molecule has 0 bridgehead atoms. The standard InChI is InChI=1S/C19H23N3O4S/c1-4-22-6-5-14-15(10-22)27-19(16(14)17(20)23)21-18(24)11-7-12(25-2)9-13(8-11)26-3/h7-9H,4-6,10H2,1-3H3,(H2,20,23)(H,21,24)/p+1. The zero-order valence-corrected chi connectivity index (χ0v) is 16.5. The molecule has 0 saturated carbocycles. The van der Waals surface area contributed by atoms with Crippen molar-refractivity contribution in [2.45, 2.75) is 19.9 Å². The van der Waals surface area contributed by atoms with Gasteiger partial charge < -0.3 is 25.4 Å². The summed E-state index contributed by atoms with van der Waals surface area (Å²) in [5.41, 5.74) is 7.42. The number of carbonyl (C=O) groups is 2. The normalized spacial score (nSPS) is 15.7. The fourth-order valence-corrected chi connectivity index (χ4v) is 4.62. The summed E-state index contributed by atoms with van der Waals surface area (Å²) in [6.07, 6.45) is 0.788.